The fourth-order valence-corrected chi connectivity index (χ4v) is 4.83. The van der Waals surface area contributed by atoms with E-state index in [2.05, 4.69) is 68.2 Å². The second kappa shape index (κ2) is 8.51. The fraction of sp³-hybridized carbons (Fsp3) is 0.308. The molecular weight excluding hydrogens is 418 g/mol. The standard InChI is InChI=1S/C26H29N3O2S/c1-7-31-20-10-8-19(9-11-20)27-25-28-24(30)23(32-25)14-18-13-21-17(3)15-26(4,5)29(6)22(21)12-16(18)2/h8-15H,7H2,1-6H3,(H,27,28,30)/b23-14-. The third kappa shape index (κ3) is 4.32. The molecule has 1 fully saturated rings. The number of carbonyl (C=O) groups is 1. The predicted octanol–water partition coefficient (Wildman–Crippen LogP) is 5.92. The number of hydrogen-bond acceptors (Lipinski definition) is 5. The van der Waals surface area contributed by atoms with Crippen LogP contribution in [0.5, 0.6) is 5.75 Å². The predicted molar refractivity (Wildman–Crippen MR) is 136 cm³/mol. The van der Waals surface area contributed by atoms with Crippen LogP contribution in [0.25, 0.3) is 11.6 Å². The first-order chi connectivity index (χ1) is 15.2. The number of hydrogen-bond donors (Lipinski definition) is 1. The maximum atomic E-state index is 12.6. The minimum Gasteiger partial charge on any atom is -0.494 e. The second-order valence-corrected chi connectivity index (χ2v) is 9.71. The van der Waals surface area contributed by atoms with Crippen LogP contribution in [0.1, 0.15) is 44.4 Å². The molecule has 1 amide bonds. The van der Waals surface area contributed by atoms with Gasteiger partial charge in [-0.05, 0) is 106 Å². The van der Waals surface area contributed by atoms with Gasteiger partial charge in [-0.2, -0.15) is 0 Å². The molecule has 2 aromatic rings. The first-order valence-corrected chi connectivity index (χ1v) is 11.6. The number of aryl methyl sites for hydroxylation is 1. The normalized spacial score (nSPS) is 19.8. The number of amidine groups is 1. The number of nitrogens with one attached hydrogen (secondary N) is 1. The van der Waals surface area contributed by atoms with Gasteiger partial charge >= 0.3 is 0 Å². The maximum absolute atomic E-state index is 12.6. The van der Waals surface area contributed by atoms with E-state index in [1.165, 1.54) is 28.6 Å². The van der Waals surface area contributed by atoms with Crippen LogP contribution in [0.2, 0.25) is 0 Å². The lowest BCUT2D eigenvalue weighted by Crippen LogP contribution is -2.42. The number of amides is 1. The van der Waals surface area contributed by atoms with Gasteiger partial charge in [0, 0.05) is 18.3 Å². The molecule has 2 heterocycles. The first kappa shape index (κ1) is 22.2. The van der Waals surface area contributed by atoms with Crippen molar-refractivity contribution in [3.63, 3.8) is 0 Å². The third-order valence-electron chi connectivity index (χ3n) is 5.92. The van der Waals surface area contributed by atoms with Gasteiger partial charge in [-0.1, -0.05) is 6.08 Å². The third-order valence-corrected chi connectivity index (χ3v) is 6.83. The van der Waals surface area contributed by atoms with Crippen molar-refractivity contribution in [2.45, 2.75) is 40.2 Å². The molecule has 0 spiro atoms. The topological polar surface area (TPSA) is 53.9 Å². The molecule has 0 aliphatic carbocycles. The maximum Gasteiger partial charge on any atom is 0.264 e. The van der Waals surface area contributed by atoms with Crippen LogP contribution >= 0.6 is 11.8 Å². The Morgan fingerprint density at radius 3 is 2.59 bits per heavy atom. The molecule has 32 heavy (non-hydrogen) atoms. The average molecular weight is 448 g/mol. The summed E-state index contributed by atoms with van der Waals surface area (Å²) >= 11 is 1.36. The molecule has 0 aromatic heterocycles. The van der Waals surface area contributed by atoms with Gasteiger partial charge < -0.3 is 15.0 Å². The van der Waals surface area contributed by atoms with Crippen molar-refractivity contribution >= 4 is 45.9 Å². The highest BCUT2D eigenvalue weighted by molar-refractivity contribution is 8.18. The number of fused-ring (bicyclic) bond motifs is 1. The van der Waals surface area contributed by atoms with Crippen LogP contribution in [-0.2, 0) is 4.79 Å². The number of anilines is 1. The zero-order chi connectivity index (χ0) is 23.0. The number of benzene rings is 2. The minimum absolute atomic E-state index is 0.0308. The van der Waals surface area contributed by atoms with Gasteiger partial charge in [0.1, 0.15) is 5.75 Å². The van der Waals surface area contributed by atoms with Crippen molar-refractivity contribution in [1.82, 2.24) is 5.32 Å². The molecule has 0 atom stereocenters. The molecule has 1 saturated heterocycles. The molecule has 5 nitrogen and oxygen atoms in total. The molecule has 0 unspecified atom stereocenters. The van der Waals surface area contributed by atoms with Crippen molar-refractivity contribution in [2.24, 2.45) is 4.99 Å². The van der Waals surface area contributed by atoms with Gasteiger partial charge in [-0.15, -0.1) is 0 Å². The molecule has 4 rings (SSSR count). The van der Waals surface area contributed by atoms with E-state index in [4.69, 9.17) is 4.74 Å². The average Bonchev–Trinajstić information content (AvgIpc) is 3.07. The van der Waals surface area contributed by atoms with Gasteiger partial charge in [-0.25, -0.2) is 4.99 Å². The summed E-state index contributed by atoms with van der Waals surface area (Å²) in [5.74, 6) is 0.684. The van der Waals surface area contributed by atoms with Crippen LogP contribution in [-0.4, -0.2) is 30.3 Å². The zero-order valence-electron chi connectivity index (χ0n) is 19.4. The number of aliphatic imine (C=N–C) groups is 1. The number of nitrogens with zero attached hydrogens (tertiary/aromatic N) is 2. The SMILES string of the molecule is CCOc1ccc(N=C2NC(=O)/C(=C/c3cc4c(cc3C)N(C)C(C)(C)C=C4C)S2)cc1. The van der Waals surface area contributed by atoms with Crippen molar-refractivity contribution in [1.29, 1.82) is 0 Å². The highest BCUT2D eigenvalue weighted by Gasteiger charge is 2.29. The molecular formula is C26H29N3O2S. The number of ether oxygens (including phenoxy) is 1. The summed E-state index contributed by atoms with van der Waals surface area (Å²) in [7, 11) is 2.13. The Morgan fingerprint density at radius 1 is 1.19 bits per heavy atom. The van der Waals surface area contributed by atoms with Crippen molar-refractivity contribution in [3.8, 4) is 5.75 Å². The smallest absolute Gasteiger partial charge is 0.264 e. The lowest BCUT2D eigenvalue weighted by molar-refractivity contribution is -0.115. The highest BCUT2D eigenvalue weighted by Crippen LogP contribution is 2.40. The van der Waals surface area contributed by atoms with Gasteiger partial charge in [0.25, 0.3) is 5.91 Å². The van der Waals surface area contributed by atoms with E-state index in [9.17, 15) is 4.79 Å². The zero-order valence-corrected chi connectivity index (χ0v) is 20.3. The molecule has 1 N–H and O–H groups in total. The molecule has 2 aliphatic rings. The van der Waals surface area contributed by atoms with Crippen LogP contribution in [0.4, 0.5) is 11.4 Å². The largest absolute Gasteiger partial charge is 0.494 e. The van der Waals surface area contributed by atoms with E-state index in [0.29, 0.717) is 16.7 Å². The van der Waals surface area contributed by atoms with E-state index in [1.54, 1.807) is 0 Å². The molecule has 6 heteroatoms. The molecule has 0 radical (unpaired) electrons. The Bertz CT molecular complexity index is 1160. The monoisotopic (exact) mass is 447 g/mol. The summed E-state index contributed by atoms with van der Waals surface area (Å²) in [6.45, 7) is 11.3. The summed E-state index contributed by atoms with van der Waals surface area (Å²) in [6.07, 6.45) is 4.25. The first-order valence-electron chi connectivity index (χ1n) is 10.8. The Hall–Kier alpha value is -2.99. The molecule has 166 valence electrons. The second-order valence-electron chi connectivity index (χ2n) is 8.67. The fourth-order valence-electron chi connectivity index (χ4n) is 4.00. The van der Waals surface area contributed by atoms with Crippen molar-refractivity contribution < 1.29 is 9.53 Å². The Labute approximate surface area is 194 Å². The van der Waals surface area contributed by atoms with E-state index in [1.807, 2.05) is 37.3 Å². The highest BCUT2D eigenvalue weighted by atomic mass is 32.2. The minimum atomic E-state index is -0.123. The summed E-state index contributed by atoms with van der Waals surface area (Å²) < 4.78 is 5.47. The molecule has 2 aromatic carbocycles. The summed E-state index contributed by atoms with van der Waals surface area (Å²) in [6, 6.07) is 11.9. The number of carbonyl (C=O) groups excluding carboxylic acids is 1. The van der Waals surface area contributed by atoms with Crippen LogP contribution in [0.3, 0.4) is 0 Å². The van der Waals surface area contributed by atoms with E-state index in [0.717, 1.165) is 22.6 Å². The number of allylic oxidation sites excluding steroid dienone is 1. The molecule has 0 saturated carbocycles. The van der Waals surface area contributed by atoms with E-state index in [-0.39, 0.29) is 11.4 Å². The van der Waals surface area contributed by atoms with Crippen LogP contribution < -0.4 is 15.0 Å². The lowest BCUT2D eigenvalue weighted by Gasteiger charge is -2.41. The Morgan fingerprint density at radius 2 is 1.91 bits per heavy atom. The number of rotatable bonds is 4. The van der Waals surface area contributed by atoms with E-state index >= 15 is 0 Å². The Balaban J connectivity index is 1.61. The molecule has 0 bridgehead atoms. The van der Waals surface area contributed by atoms with Gasteiger partial charge in [0.15, 0.2) is 5.17 Å². The van der Waals surface area contributed by atoms with Gasteiger partial charge in [-0.3, -0.25) is 4.79 Å². The summed E-state index contributed by atoms with van der Waals surface area (Å²) in [5.41, 5.74) is 6.60. The Kier molecular flexibility index (Phi) is 5.91. The van der Waals surface area contributed by atoms with E-state index < -0.39 is 0 Å². The summed E-state index contributed by atoms with van der Waals surface area (Å²) in [5, 5.41) is 3.46. The van der Waals surface area contributed by atoms with Gasteiger partial charge in [0.2, 0.25) is 0 Å². The number of likely N-dealkylation sites (N-methyl/N-ethyl adjacent to an activating group) is 1. The summed E-state index contributed by atoms with van der Waals surface area (Å²) in [4.78, 5) is 20.1. The number of thioether (sulfide) groups is 1. The van der Waals surface area contributed by atoms with Crippen molar-refractivity contribution in [2.75, 3.05) is 18.6 Å². The van der Waals surface area contributed by atoms with Crippen LogP contribution in [0, 0.1) is 6.92 Å². The lowest BCUT2D eigenvalue weighted by atomic mass is 9.87. The molecule has 2 aliphatic heterocycles. The van der Waals surface area contributed by atoms with Gasteiger partial charge in [0.05, 0.1) is 22.7 Å². The van der Waals surface area contributed by atoms with Crippen LogP contribution in [0.15, 0.2) is 52.4 Å². The quantitative estimate of drug-likeness (QED) is 0.592. The van der Waals surface area contributed by atoms with Crippen molar-refractivity contribution in [3.05, 3.63) is 64.1 Å².